The molecule has 1 saturated heterocycles. The fourth-order valence-electron chi connectivity index (χ4n) is 2.17. The number of aliphatic hydroxyl groups excluding tert-OH is 2. The van der Waals surface area contributed by atoms with Gasteiger partial charge >= 0.3 is 5.97 Å². The highest BCUT2D eigenvalue weighted by Gasteiger charge is 2.41. The molecule has 0 spiro atoms. The Balaban J connectivity index is 1.88. The van der Waals surface area contributed by atoms with Gasteiger partial charge in [-0.25, -0.2) is 0 Å². The molecule has 0 bridgehead atoms. The number of carbonyl (C=O) groups is 1. The van der Waals surface area contributed by atoms with Crippen LogP contribution in [0, 0.1) is 5.92 Å². The third kappa shape index (κ3) is 1.70. The van der Waals surface area contributed by atoms with Crippen LogP contribution in [0.3, 0.4) is 0 Å². The second kappa shape index (κ2) is 4.15. The number of fused-ring (bicyclic) bond motifs is 1. The zero-order valence-electron chi connectivity index (χ0n) is 9.41. The summed E-state index contributed by atoms with van der Waals surface area (Å²) in [6.45, 7) is 0.0636. The first-order valence-electron chi connectivity index (χ1n) is 5.59. The van der Waals surface area contributed by atoms with Crippen LogP contribution in [0.5, 0.6) is 11.5 Å². The molecule has 0 aromatic heterocycles. The average molecular weight is 252 g/mol. The molecular formula is C12H12O6. The summed E-state index contributed by atoms with van der Waals surface area (Å²) in [5, 5.41) is 19.8. The van der Waals surface area contributed by atoms with Gasteiger partial charge in [0.05, 0.1) is 6.10 Å². The van der Waals surface area contributed by atoms with E-state index in [1.807, 2.05) is 0 Å². The van der Waals surface area contributed by atoms with Crippen LogP contribution in [0.4, 0.5) is 0 Å². The van der Waals surface area contributed by atoms with E-state index in [1.54, 1.807) is 18.2 Å². The first-order valence-corrected chi connectivity index (χ1v) is 5.59. The molecule has 0 amide bonds. The van der Waals surface area contributed by atoms with Crippen molar-refractivity contribution in [3.05, 3.63) is 23.8 Å². The highest BCUT2D eigenvalue weighted by atomic mass is 16.7. The Bertz CT molecular complexity index is 485. The molecule has 96 valence electrons. The summed E-state index contributed by atoms with van der Waals surface area (Å²) in [6, 6.07) is 4.90. The fourth-order valence-corrected chi connectivity index (χ4v) is 2.17. The fraction of sp³-hybridized carbons (Fsp3) is 0.417. The van der Waals surface area contributed by atoms with Gasteiger partial charge in [0.15, 0.2) is 11.5 Å². The van der Waals surface area contributed by atoms with E-state index < -0.39 is 24.1 Å². The van der Waals surface area contributed by atoms with E-state index >= 15 is 0 Å². The topological polar surface area (TPSA) is 85.2 Å². The summed E-state index contributed by atoms with van der Waals surface area (Å²) in [5.74, 6) is -0.425. The molecular weight excluding hydrogens is 240 g/mol. The number of hydrogen-bond donors (Lipinski definition) is 2. The maximum Gasteiger partial charge on any atom is 0.314 e. The smallest absolute Gasteiger partial charge is 0.314 e. The molecule has 3 rings (SSSR count). The number of benzene rings is 1. The molecule has 18 heavy (non-hydrogen) atoms. The van der Waals surface area contributed by atoms with Crippen LogP contribution < -0.4 is 9.47 Å². The van der Waals surface area contributed by atoms with Crippen molar-refractivity contribution in [1.29, 1.82) is 0 Å². The van der Waals surface area contributed by atoms with Crippen LogP contribution in [-0.2, 0) is 9.53 Å². The first-order chi connectivity index (χ1) is 8.66. The van der Waals surface area contributed by atoms with Gasteiger partial charge in [-0.05, 0) is 17.7 Å². The van der Waals surface area contributed by atoms with Crippen molar-refractivity contribution >= 4 is 5.97 Å². The van der Waals surface area contributed by atoms with Crippen molar-refractivity contribution in [2.45, 2.75) is 12.2 Å². The number of carbonyl (C=O) groups excluding carboxylic acids is 1. The van der Waals surface area contributed by atoms with E-state index in [9.17, 15) is 15.0 Å². The minimum Gasteiger partial charge on any atom is -0.463 e. The summed E-state index contributed by atoms with van der Waals surface area (Å²) < 4.78 is 15.1. The molecule has 0 aliphatic carbocycles. The number of ether oxygens (including phenoxy) is 3. The second-order valence-corrected chi connectivity index (χ2v) is 4.28. The van der Waals surface area contributed by atoms with Gasteiger partial charge in [-0.2, -0.15) is 0 Å². The van der Waals surface area contributed by atoms with Crippen molar-refractivity contribution in [2.24, 2.45) is 5.92 Å². The van der Waals surface area contributed by atoms with Crippen LogP contribution >= 0.6 is 0 Å². The molecule has 0 saturated carbocycles. The Morgan fingerprint density at radius 1 is 1.22 bits per heavy atom. The van der Waals surface area contributed by atoms with E-state index in [-0.39, 0.29) is 13.4 Å². The molecule has 2 N–H and O–H groups in total. The third-order valence-corrected chi connectivity index (χ3v) is 3.16. The standard InChI is InChI=1S/C12H12O6/c13-7-4-16-12(15)10(7)11(14)6-1-2-8-9(3-6)18-5-17-8/h1-3,7,10-11,13-14H,4-5H2/t7-,10-,11?/m0/s1. The van der Waals surface area contributed by atoms with Crippen molar-refractivity contribution in [3.8, 4) is 11.5 Å². The Labute approximate surface area is 103 Å². The molecule has 1 unspecified atom stereocenters. The molecule has 1 aromatic rings. The monoisotopic (exact) mass is 252 g/mol. The van der Waals surface area contributed by atoms with E-state index in [1.165, 1.54) is 0 Å². The molecule has 6 nitrogen and oxygen atoms in total. The van der Waals surface area contributed by atoms with Crippen molar-refractivity contribution in [2.75, 3.05) is 13.4 Å². The summed E-state index contributed by atoms with van der Waals surface area (Å²) in [6.07, 6.45) is -2.11. The van der Waals surface area contributed by atoms with Crippen LogP contribution in [0.2, 0.25) is 0 Å². The van der Waals surface area contributed by atoms with Gasteiger partial charge in [0, 0.05) is 0 Å². The predicted octanol–water partition coefficient (Wildman–Crippen LogP) is -0.0174. The first kappa shape index (κ1) is 11.3. The Hall–Kier alpha value is -1.79. The zero-order chi connectivity index (χ0) is 12.7. The maximum atomic E-state index is 11.4. The van der Waals surface area contributed by atoms with Crippen LogP contribution in [-0.4, -0.2) is 35.7 Å². The summed E-state index contributed by atoms with van der Waals surface area (Å²) in [5.41, 5.74) is 0.488. The van der Waals surface area contributed by atoms with Gasteiger partial charge in [-0.3, -0.25) is 4.79 Å². The Morgan fingerprint density at radius 3 is 2.72 bits per heavy atom. The third-order valence-electron chi connectivity index (χ3n) is 3.16. The average Bonchev–Trinajstić information content (AvgIpc) is 2.94. The van der Waals surface area contributed by atoms with E-state index in [2.05, 4.69) is 0 Å². The van der Waals surface area contributed by atoms with Crippen molar-refractivity contribution in [3.63, 3.8) is 0 Å². The Morgan fingerprint density at radius 2 is 2.00 bits per heavy atom. The number of rotatable bonds is 2. The zero-order valence-corrected chi connectivity index (χ0v) is 9.41. The van der Waals surface area contributed by atoms with Crippen LogP contribution in [0.15, 0.2) is 18.2 Å². The lowest BCUT2D eigenvalue weighted by molar-refractivity contribution is -0.144. The largest absolute Gasteiger partial charge is 0.463 e. The molecule has 1 fully saturated rings. The van der Waals surface area contributed by atoms with Gasteiger partial charge in [0.2, 0.25) is 6.79 Å². The van der Waals surface area contributed by atoms with E-state index in [0.717, 1.165) is 0 Å². The van der Waals surface area contributed by atoms with Gasteiger partial charge in [0.25, 0.3) is 0 Å². The maximum absolute atomic E-state index is 11.4. The minimum atomic E-state index is -1.12. The van der Waals surface area contributed by atoms with Gasteiger partial charge in [0.1, 0.15) is 18.6 Å². The lowest BCUT2D eigenvalue weighted by Crippen LogP contribution is -2.27. The number of aliphatic hydroxyl groups is 2. The van der Waals surface area contributed by atoms with Gasteiger partial charge in [-0.1, -0.05) is 6.07 Å². The second-order valence-electron chi connectivity index (χ2n) is 4.28. The van der Waals surface area contributed by atoms with E-state index in [4.69, 9.17) is 14.2 Å². The molecule has 2 heterocycles. The van der Waals surface area contributed by atoms with Gasteiger partial charge in [-0.15, -0.1) is 0 Å². The van der Waals surface area contributed by atoms with E-state index in [0.29, 0.717) is 17.1 Å². The summed E-state index contributed by atoms with van der Waals surface area (Å²) in [4.78, 5) is 11.4. The van der Waals surface area contributed by atoms with Crippen molar-refractivity contribution < 1.29 is 29.2 Å². The number of hydrogen-bond acceptors (Lipinski definition) is 6. The molecule has 1 aromatic carbocycles. The molecule has 0 radical (unpaired) electrons. The summed E-state index contributed by atoms with van der Waals surface area (Å²) in [7, 11) is 0. The number of cyclic esters (lactones) is 1. The lowest BCUT2D eigenvalue weighted by atomic mass is 9.92. The van der Waals surface area contributed by atoms with Gasteiger partial charge < -0.3 is 24.4 Å². The number of esters is 1. The molecule has 2 aliphatic rings. The minimum absolute atomic E-state index is 0.0783. The van der Waals surface area contributed by atoms with Crippen LogP contribution in [0.1, 0.15) is 11.7 Å². The molecule has 6 heteroatoms. The quantitative estimate of drug-likeness (QED) is 0.720. The Kier molecular flexibility index (Phi) is 2.61. The van der Waals surface area contributed by atoms with Crippen LogP contribution in [0.25, 0.3) is 0 Å². The summed E-state index contributed by atoms with van der Waals surface area (Å²) >= 11 is 0. The highest BCUT2D eigenvalue weighted by Crippen LogP contribution is 2.37. The SMILES string of the molecule is O=C1OC[C@H](O)[C@H]1C(O)c1ccc2c(c1)OCO2. The van der Waals surface area contributed by atoms with Crippen molar-refractivity contribution in [1.82, 2.24) is 0 Å². The molecule has 3 atom stereocenters. The highest BCUT2D eigenvalue weighted by molar-refractivity contribution is 5.76. The normalized spacial score (nSPS) is 27.1. The predicted molar refractivity (Wildman–Crippen MR) is 58.0 cm³/mol. The lowest BCUT2D eigenvalue weighted by Gasteiger charge is -2.18. The molecule has 2 aliphatic heterocycles.